The molecule has 1 aliphatic heterocycles. The molecule has 1 saturated heterocycles. The van der Waals surface area contributed by atoms with Gasteiger partial charge in [0.2, 0.25) is 5.91 Å². The minimum Gasteiger partial charge on any atom is -0.394 e. The van der Waals surface area contributed by atoms with E-state index in [2.05, 4.69) is 37.4 Å². The highest BCUT2D eigenvalue weighted by molar-refractivity contribution is 5.80. The fourth-order valence-electron chi connectivity index (χ4n) is 7.50. The summed E-state index contributed by atoms with van der Waals surface area (Å²) in [6.07, 6.45) is 29.9. The van der Waals surface area contributed by atoms with Crippen LogP contribution in [0.5, 0.6) is 0 Å². The molecule has 11 heteroatoms. The van der Waals surface area contributed by atoms with Crippen LogP contribution in [0.15, 0.2) is 24.3 Å². The smallest absolute Gasteiger partial charge is 0.249 e. The highest BCUT2D eigenvalue weighted by Gasteiger charge is 2.44. The molecule has 8 N–H and O–H groups in total. The Bertz CT molecular complexity index is 997. The van der Waals surface area contributed by atoms with Gasteiger partial charge in [0.15, 0.2) is 6.29 Å². The van der Waals surface area contributed by atoms with Gasteiger partial charge in [-0.15, -0.1) is 0 Å². The van der Waals surface area contributed by atoms with Crippen LogP contribution >= 0.6 is 0 Å². The number of hydrogen-bond acceptors (Lipinski definition) is 10. The molecule has 0 saturated carbocycles. The number of aliphatic hydroxyl groups is 7. The summed E-state index contributed by atoms with van der Waals surface area (Å²) in [5, 5.41) is 75.3. The maximum Gasteiger partial charge on any atom is 0.249 e. The van der Waals surface area contributed by atoms with E-state index in [4.69, 9.17) is 9.47 Å². The molecule has 0 aliphatic carbocycles. The van der Waals surface area contributed by atoms with Gasteiger partial charge in [-0.05, 0) is 57.8 Å². The number of carbonyl (C=O) groups excluding carboxylic acids is 1. The van der Waals surface area contributed by atoms with Crippen molar-refractivity contribution in [1.29, 1.82) is 0 Å². The van der Waals surface area contributed by atoms with Crippen LogP contribution in [0, 0.1) is 0 Å². The molecule has 1 aliphatic rings. The number of rotatable bonds is 39. The predicted molar refractivity (Wildman–Crippen MR) is 233 cm³/mol. The van der Waals surface area contributed by atoms with Crippen molar-refractivity contribution in [3.8, 4) is 0 Å². The largest absolute Gasteiger partial charge is 0.394 e. The molecule has 11 nitrogen and oxygen atoms in total. The summed E-state index contributed by atoms with van der Waals surface area (Å²) in [5.41, 5.74) is 0. The first-order valence-corrected chi connectivity index (χ1v) is 23.7. The highest BCUT2D eigenvalue weighted by Crippen LogP contribution is 2.23. The zero-order valence-electron chi connectivity index (χ0n) is 36.8. The lowest BCUT2D eigenvalue weighted by Crippen LogP contribution is -2.60. The molecule has 342 valence electrons. The van der Waals surface area contributed by atoms with Gasteiger partial charge in [0, 0.05) is 0 Å². The molecule has 0 aromatic carbocycles. The molecular formula is C47H89NO10. The van der Waals surface area contributed by atoms with E-state index in [9.17, 15) is 40.5 Å². The summed E-state index contributed by atoms with van der Waals surface area (Å²) in [5.74, 6) is -0.743. The Balaban J connectivity index is 2.37. The van der Waals surface area contributed by atoms with Gasteiger partial charge in [0.1, 0.15) is 36.6 Å². The summed E-state index contributed by atoms with van der Waals surface area (Å²) >= 11 is 0. The van der Waals surface area contributed by atoms with Crippen molar-refractivity contribution in [1.82, 2.24) is 5.32 Å². The Morgan fingerprint density at radius 2 is 1.02 bits per heavy atom. The average Bonchev–Trinajstić information content (AvgIpc) is 3.22. The van der Waals surface area contributed by atoms with Crippen molar-refractivity contribution < 1.29 is 50.0 Å². The lowest BCUT2D eigenvalue weighted by Gasteiger charge is -2.40. The molecule has 9 unspecified atom stereocenters. The number of ether oxygens (including phenoxy) is 2. The molecule has 1 rings (SSSR count). The third-order valence-electron chi connectivity index (χ3n) is 11.5. The molecule has 0 radical (unpaired) electrons. The maximum absolute atomic E-state index is 13.0. The number of amides is 1. The SMILES string of the molecule is CCCCCC/C=C\CCC(O)C(=O)NC(COC1OC(CO)C(O)C(O)C1O)C(O)C(O)CCC/C=C/CCCCCCCCCCCCCCCCCCCC. The number of carbonyl (C=O) groups is 1. The fourth-order valence-corrected chi connectivity index (χ4v) is 7.50. The second-order valence-electron chi connectivity index (χ2n) is 16.8. The van der Waals surface area contributed by atoms with Gasteiger partial charge >= 0.3 is 0 Å². The Morgan fingerprint density at radius 1 is 0.586 bits per heavy atom. The molecule has 0 aromatic heterocycles. The molecule has 1 heterocycles. The van der Waals surface area contributed by atoms with Gasteiger partial charge in [-0.25, -0.2) is 0 Å². The number of nitrogens with one attached hydrogen (secondary N) is 1. The molecule has 1 amide bonds. The second kappa shape index (κ2) is 37.4. The standard InChI is InChI=1S/C47H89NO10/c1-3-5-7-9-11-13-14-15-16-17-18-19-20-21-22-23-24-25-26-27-29-30-32-34-39(50)42(52)38(37-57-47-45(55)44(54)43(53)41(36-49)58-47)48-46(56)40(51)35-33-31-28-12-10-8-6-4-2/h27-29,31,38-45,47,49-55H,3-26,30,32-37H2,1-2H3,(H,48,56)/b29-27+,31-28-. The number of allylic oxidation sites excluding steroid dienone is 4. The third-order valence-corrected chi connectivity index (χ3v) is 11.5. The van der Waals surface area contributed by atoms with E-state index >= 15 is 0 Å². The lowest BCUT2D eigenvalue weighted by molar-refractivity contribution is -0.303. The van der Waals surface area contributed by atoms with Crippen LogP contribution < -0.4 is 5.32 Å². The van der Waals surface area contributed by atoms with Crippen LogP contribution in [0.4, 0.5) is 0 Å². The molecule has 9 atom stereocenters. The van der Waals surface area contributed by atoms with Crippen molar-refractivity contribution in [3.05, 3.63) is 24.3 Å². The summed E-state index contributed by atoms with van der Waals surface area (Å²) in [4.78, 5) is 13.0. The van der Waals surface area contributed by atoms with Gasteiger partial charge < -0.3 is 50.5 Å². The summed E-state index contributed by atoms with van der Waals surface area (Å²) in [7, 11) is 0. The minimum atomic E-state index is -1.67. The van der Waals surface area contributed by atoms with Crippen molar-refractivity contribution in [2.75, 3.05) is 13.2 Å². The Hall–Kier alpha value is -1.41. The number of hydrogen-bond donors (Lipinski definition) is 8. The summed E-state index contributed by atoms with van der Waals surface area (Å²) < 4.78 is 11.0. The molecule has 58 heavy (non-hydrogen) atoms. The van der Waals surface area contributed by atoms with Crippen LogP contribution in [0.3, 0.4) is 0 Å². The molecule has 0 aromatic rings. The van der Waals surface area contributed by atoms with Gasteiger partial charge in [-0.1, -0.05) is 167 Å². The van der Waals surface area contributed by atoms with Crippen LogP contribution in [0.25, 0.3) is 0 Å². The van der Waals surface area contributed by atoms with Gasteiger partial charge in [-0.2, -0.15) is 0 Å². The van der Waals surface area contributed by atoms with Crippen molar-refractivity contribution >= 4 is 5.91 Å². The van der Waals surface area contributed by atoms with Crippen LogP contribution in [-0.2, 0) is 14.3 Å². The minimum absolute atomic E-state index is 0.169. The van der Waals surface area contributed by atoms with E-state index in [1.54, 1.807) is 0 Å². The Morgan fingerprint density at radius 3 is 1.50 bits per heavy atom. The predicted octanol–water partition coefficient (Wildman–Crippen LogP) is 7.84. The zero-order chi connectivity index (χ0) is 42.6. The second-order valence-corrected chi connectivity index (χ2v) is 16.8. The molecule has 1 fully saturated rings. The fraction of sp³-hybridized carbons (Fsp3) is 0.894. The topological polar surface area (TPSA) is 189 Å². The lowest BCUT2D eigenvalue weighted by atomic mass is 9.99. The van der Waals surface area contributed by atoms with Gasteiger partial charge in [0.05, 0.1) is 25.4 Å². The number of aliphatic hydroxyl groups excluding tert-OH is 7. The molecule has 0 bridgehead atoms. The average molecular weight is 828 g/mol. The summed E-state index contributed by atoms with van der Waals surface area (Å²) in [6, 6.07) is -1.20. The maximum atomic E-state index is 13.0. The highest BCUT2D eigenvalue weighted by atomic mass is 16.7. The monoisotopic (exact) mass is 828 g/mol. The Labute approximate surface area is 353 Å². The van der Waals surface area contributed by atoms with E-state index in [0.29, 0.717) is 12.8 Å². The van der Waals surface area contributed by atoms with Crippen molar-refractivity contribution in [2.24, 2.45) is 0 Å². The van der Waals surface area contributed by atoms with Gasteiger partial charge in [-0.3, -0.25) is 4.79 Å². The quantitative estimate of drug-likeness (QED) is 0.0224. The zero-order valence-corrected chi connectivity index (χ0v) is 36.8. The first-order chi connectivity index (χ1) is 28.2. The first-order valence-electron chi connectivity index (χ1n) is 23.7. The molecule has 0 spiro atoms. The normalized spacial score (nSPS) is 22.1. The summed E-state index contributed by atoms with van der Waals surface area (Å²) in [6.45, 7) is 3.35. The van der Waals surface area contributed by atoms with Crippen LogP contribution in [0.1, 0.15) is 200 Å². The van der Waals surface area contributed by atoms with E-state index in [-0.39, 0.29) is 12.8 Å². The van der Waals surface area contributed by atoms with E-state index in [0.717, 1.165) is 32.1 Å². The van der Waals surface area contributed by atoms with Crippen LogP contribution in [-0.4, -0.2) is 110 Å². The van der Waals surface area contributed by atoms with E-state index < -0.39 is 74.2 Å². The van der Waals surface area contributed by atoms with Crippen molar-refractivity contribution in [3.63, 3.8) is 0 Å². The van der Waals surface area contributed by atoms with E-state index in [1.165, 1.54) is 128 Å². The van der Waals surface area contributed by atoms with Gasteiger partial charge in [0.25, 0.3) is 0 Å². The third kappa shape index (κ3) is 26.7. The molecular weight excluding hydrogens is 739 g/mol. The first kappa shape index (κ1) is 54.6. The van der Waals surface area contributed by atoms with E-state index in [1.807, 2.05) is 6.08 Å². The van der Waals surface area contributed by atoms with Crippen molar-refractivity contribution in [2.45, 2.75) is 255 Å². The number of unbranched alkanes of at least 4 members (excludes halogenated alkanes) is 23. The van der Waals surface area contributed by atoms with Crippen LogP contribution in [0.2, 0.25) is 0 Å². The Kier molecular flexibility index (Phi) is 35.2.